The van der Waals surface area contributed by atoms with E-state index in [1.54, 1.807) is 16.3 Å². The number of hydrogen-bond donors (Lipinski definition) is 4. The van der Waals surface area contributed by atoms with Gasteiger partial charge in [-0.25, -0.2) is 0 Å². The van der Waals surface area contributed by atoms with Crippen molar-refractivity contribution < 1.29 is 23.9 Å². The molecule has 3 amide bonds. The molecular formula is C28H36N8O5S. The molecule has 2 aliphatic rings. The van der Waals surface area contributed by atoms with Crippen LogP contribution in [0.25, 0.3) is 10.4 Å². The molecule has 0 radical (unpaired) electrons. The first-order valence-corrected chi connectivity index (χ1v) is 14.7. The lowest BCUT2D eigenvalue weighted by atomic mass is 10.00. The number of thiophene rings is 1. The third-order valence-corrected chi connectivity index (χ3v) is 8.63. The minimum Gasteiger partial charge on any atom is -0.494 e. The number of nitrogens with one attached hydrogen (secondary N) is 3. The number of para-hydroxylation sites is 1. The highest BCUT2D eigenvalue weighted by Gasteiger charge is 2.67. The van der Waals surface area contributed by atoms with Gasteiger partial charge in [0.05, 0.1) is 32.4 Å². The van der Waals surface area contributed by atoms with E-state index in [1.165, 1.54) is 11.3 Å². The summed E-state index contributed by atoms with van der Waals surface area (Å²) >= 11 is 1.39. The van der Waals surface area contributed by atoms with E-state index in [1.807, 2.05) is 37.3 Å². The normalized spacial score (nSPS) is 21.0. The molecule has 1 saturated heterocycles. The molecule has 1 aromatic carbocycles. The van der Waals surface area contributed by atoms with Crippen molar-refractivity contribution in [2.24, 2.45) is 16.3 Å². The Labute approximate surface area is 247 Å². The molecule has 2 aromatic rings. The average Bonchev–Trinajstić information content (AvgIpc) is 3.31. The van der Waals surface area contributed by atoms with Gasteiger partial charge >= 0.3 is 0 Å². The molecular weight excluding hydrogens is 560 g/mol. The number of piperidine rings is 1. The monoisotopic (exact) mass is 596 g/mol. The molecule has 4 rings (SSSR count). The van der Waals surface area contributed by atoms with Gasteiger partial charge in [-0.3, -0.25) is 19.8 Å². The Hall–Kier alpha value is -4.13. The summed E-state index contributed by atoms with van der Waals surface area (Å²) in [4.78, 5) is 44.4. The third-order valence-electron chi connectivity index (χ3n) is 7.51. The van der Waals surface area contributed by atoms with Gasteiger partial charge < -0.3 is 30.7 Å². The van der Waals surface area contributed by atoms with E-state index in [4.69, 9.17) is 26.1 Å². The molecule has 2 heterocycles. The standard InChI is InChI=1S/C28H36N8O5S/c1-18(22-12-19(16-42-22)26(29)30)34-27(39)21-13-28(17-40-11-9-33-35-31)14-23(28)36(21)25(38)15-32-24(37)8-5-10-41-20-6-3-2-4-7-20/h2-4,6-7,12,16,18,21,23H,5,8-11,13-15,17H2,1H3,(H3,29,30)(H,32,37)(H,34,39)/t18-,21+,23+,28-/m1/s1. The molecule has 1 aliphatic carbocycles. The van der Waals surface area contributed by atoms with E-state index in [0.29, 0.717) is 38.0 Å². The second-order valence-corrected chi connectivity index (χ2v) is 11.5. The largest absolute Gasteiger partial charge is 0.494 e. The summed E-state index contributed by atoms with van der Waals surface area (Å²) in [5.74, 6) is -0.203. The lowest BCUT2D eigenvalue weighted by molar-refractivity contribution is -0.140. The number of carbonyl (C=O) groups excluding carboxylic acids is 3. The molecule has 0 spiro atoms. The Bertz CT molecular complexity index is 1330. The molecule has 5 N–H and O–H groups in total. The molecule has 14 heteroatoms. The van der Waals surface area contributed by atoms with Crippen LogP contribution in [0.3, 0.4) is 0 Å². The summed E-state index contributed by atoms with van der Waals surface area (Å²) in [6.45, 7) is 2.79. The highest BCUT2D eigenvalue weighted by atomic mass is 32.1. The molecule has 0 unspecified atom stereocenters. The minimum absolute atomic E-state index is 0.0446. The van der Waals surface area contributed by atoms with Crippen molar-refractivity contribution >= 4 is 34.9 Å². The highest BCUT2D eigenvalue weighted by molar-refractivity contribution is 7.10. The Morgan fingerprint density at radius 2 is 2.07 bits per heavy atom. The molecule has 1 aliphatic heterocycles. The zero-order chi connectivity index (χ0) is 30.1. The Balaban J connectivity index is 1.33. The second kappa shape index (κ2) is 14.2. The Morgan fingerprint density at radius 3 is 2.79 bits per heavy atom. The molecule has 13 nitrogen and oxygen atoms in total. The predicted molar refractivity (Wildman–Crippen MR) is 157 cm³/mol. The zero-order valence-corrected chi connectivity index (χ0v) is 24.3. The Kier molecular flexibility index (Phi) is 10.4. The summed E-state index contributed by atoms with van der Waals surface area (Å²) in [5.41, 5.74) is 14.3. The van der Waals surface area contributed by atoms with Crippen LogP contribution in [0.1, 0.15) is 49.1 Å². The fourth-order valence-corrected chi connectivity index (χ4v) is 6.16. The summed E-state index contributed by atoms with van der Waals surface area (Å²) in [6, 6.07) is 9.84. The van der Waals surface area contributed by atoms with E-state index in [9.17, 15) is 14.4 Å². The van der Waals surface area contributed by atoms with Crippen LogP contribution in [-0.2, 0) is 19.1 Å². The first kappa shape index (κ1) is 30.8. The molecule has 2 fully saturated rings. The van der Waals surface area contributed by atoms with E-state index in [0.717, 1.165) is 10.6 Å². The van der Waals surface area contributed by atoms with Gasteiger partial charge in [-0.1, -0.05) is 23.3 Å². The first-order valence-electron chi connectivity index (χ1n) is 13.8. The van der Waals surface area contributed by atoms with Gasteiger partial charge in [-0.05, 0) is 49.9 Å². The van der Waals surface area contributed by atoms with Crippen molar-refractivity contribution in [2.75, 3.05) is 32.9 Å². The lowest BCUT2D eigenvalue weighted by Gasteiger charge is -2.28. The van der Waals surface area contributed by atoms with Crippen LogP contribution in [0.4, 0.5) is 0 Å². The van der Waals surface area contributed by atoms with Crippen LogP contribution in [0.5, 0.6) is 5.75 Å². The third kappa shape index (κ3) is 7.78. The van der Waals surface area contributed by atoms with Gasteiger partial charge in [0, 0.05) is 45.2 Å². The fourth-order valence-electron chi connectivity index (χ4n) is 5.24. The van der Waals surface area contributed by atoms with Crippen molar-refractivity contribution in [1.82, 2.24) is 15.5 Å². The number of nitrogens with zero attached hydrogens (tertiary/aromatic N) is 4. The molecule has 1 saturated carbocycles. The number of carbonyl (C=O) groups is 3. The molecule has 224 valence electrons. The van der Waals surface area contributed by atoms with Crippen molar-refractivity contribution in [2.45, 2.75) is 50.7 Å². The first-order chi connectivity index (χ1) is 20.2. The van der Waals surface area contributed by atoms with Crippen molar-refractivity contribution in [3.8, 4) is 5.75 Å². The van der Waals surface area contributed by atoms with E-state index in [-0.39, 0.29) is 67.2 Å². The number of nitrogens with two attached hydrogens (primary N) is 1. The topological polar surface area (TPSA) is 196 Å². The number of benzene rings is 1. The van der Waals surface area contributed by atoms with Crippen LogP contribution in [0, 0.1) is 10.8 Å². The SMILES string of the molecule is C[C@@H](NC(=O)[C@@H]1C[C@]2(COCCN=[N+]=[N-])C[C@@H]2N1C(=O)CNC(=O)CCCOc1ccccc1)c1cc(C(=N)N)cs1. The smallest absolute Gasteiger partial charge is 0.243 e. The quantitative estimate of drug-likeness (QED) is 0.0574. The number of nitrogen functional groups attached to an aromatic ring is 1. The average molecular weight is 597 g/mol. The maximum absolute atomic E-state index is 13.5. The number of fused-ring (bicyclic) bond motifs is 1. The predicted octanol–water partition coefficient (Wildman–Crippen LogP) is 2.87. The van der Waals surface area contributed by atoms with Gasteiger partial charge in [0.15, 0.2) is 0 Å². The summed E-state index contributed by atoms with van der Waals surface area (Å²) in [5, 5.41) is 18.5. The van der Waals surface area contributed by atoms with Crippen LogP contribution >= 0.6 is 11.3 Å². The van der Waals surface area contributed by atoms with E-state index >= 15 is 0 Å². The van der Waals surface area contributed by atoms with Crippen LogP contribution in [0.2, 0.25) is 0 Å². The van der Waals surface area contributed by atoms with E-state index in [2.05, 4.69) is 20.7 Å². The maximum Gasteiger partial charge on any atom is 0.243 e. The molecule has 4 atom stereocenters. The number of ether oxygens (including phenoxy) is 2. The summed E-state index contributed by atoms with van der Waals surface area (Å²) in [7, 11) is 0. The van der Waals surface area contributed by atoms with Crippen LogP contribution in [-0.4, -0.2) is 73.5 Å². The second-order valence-electron chi connectivity index (χ2n) is 10.5. The van der Waals surface area contributed by atoms with E-state index < -0.39 is 6.04 Å². The minimum atomic E-state index is -0.720. The highest BCUT2D eigenvalue weighted by Crippen LogP contribution is 2.59. The van der Waals surface area contributed by atoms with Gasteiger partial charge in [0.1, 0.15) is 17.6 Å². The number of amidine groups is 1. The fraction of sp³-hybridized carbons (Fsp3) is 0.500. The maximum atomic E-state index is 13.5. The molecule has 0 bridgehead atoms. The van der Waals surface area contributed by atoms with Gasteiger partial charge in [0.2, 0.25) is 17.7 Å². The van der Waals surface area contributed by atoms with Crippen LogP contribution < -0.4 is 21.1 Å². The lowest BCUT2D eigenvalue weighted by Crippen LogP contribution is -2.51. The molecule has 42 heavy (non-hydrogen) atoms. The summed E-state index contributed by atoms with van der Waals surface area (Å²) in [6.07, 6.45) is 1.82. The Morgan fingerprint density at radius 1 is 1.29 bits per heavy atom. The van der Waals surface area contributed by atoms with Crippen molar-refractivity contribution in [3.05, 3.63) is 62.7 Å². The number of rotatable bonds is 16. The van der Waals surface area contributed by atoms with Crippen molar-refractivity contribution in [3.63, 3.8) is 0 Å². The van der Waals surface area contributed by atoms with Gasteiger partial charge in [-0.15, -0.1) is 11.3 Å². The van der Waals surface area contributed by atoms with Gasteiger partial charge in [-0.2, -0.15) is 0 Å². The van der Waals surface area contributed by atoms with Crippen LogP contribution in [0.15, 0.2) is 46.9 Å². The molecule has 1 aromatic heterocycles. The number of likely N-dealkylation sites (tertiary alicyclic amines) is 1. The summed E-state index contributed by atoms with van der Waals surface area (Å²) < 4.78 is 11.3. The number of amides is 3. The zero-order valence-electron chi connectivity index (χ0n) is 23.5. The van der Waals surface area contributed by atoms with Crippen molar-refractivity contribution in [1.29, 1.82) is 5.41 Å². The number of azide groups is 1. The number of hydrogen-bond acceptors (Lipinski definition) is 8. The van der Waals surface area contributed by atoms with Gasteiger partial charge in [0.25, 0.3) is 0 Å².